The van der Waals surface area contributed by atoms with Crippen LogP contribution >= 0.6 is 34.2 Å². The minimum absolute atomic E-state index is 0.279. The number of hydrogen-bond acceptors (Lipinski definition) is 1. The molecule has 0 fully saturated rings. The summed E-state index contributed by atoms with van der Waals surface area (Å²) in [6, 6.07) is 4.69. The van der Waals surface area contributed by atoms with Gasteiger partial charge in [-0.25, -0.2) is 8.78 Å². The van der Waals surface area contributed by atoms with Crippen molar-refractivity contribution in [1.82, 2.24) is 5.32 Å². The van der Waals surface area contributed by atoms with E-state index in [0.717, 1.165) is 10.5 Å². The first-order valence-electron chi connectivity index (χ1n) is 4.40. The third kappa shape index (κ3) is 4.61. The Labute approximate surface area is 110 Å². The van der Waals surface area contributed by atoms with E-state index in [1.54, 1.807) is 12.1 Å². The highest BCUT2D eigenvalue weighted by Gasteiger charge is 2.22. The van der Waals surface area contributed by atoms with Gasteiger partial charge in [-0.15, -0.1) is 0 Å². The van der Waals surface area contributed by atoms with Gasteiger partial charge in [-0.3, -0.25) is 4.79 Å². The fourth-order valence-electron chi connectivity index (χ4n) is 1.02. The monoisotopic (exact) mass is 359 g/mol. The Morgan fingerprint density at radius 1 is 1.50 bits per heavy atom. The number of alkyl halides is 2. The molecule has 6 heteroatoms. The summed E-state index contributed by atoms with van der Waals surface area (Å²) in [5.41, 5.74) is 0.279. The van der Waals surface area contributed by atoms with Crippen LogP contribution in [0.15, 0.2) is 18.2 Å². The quantitative estimate of drug-likeness (QED) is 0.824. The van der Waals surface area contributed by atoms with Crippen LogP contribution in [-0.4, -0.2) is 18.4 Å². The molecule has 1 aromatic rings. The Kier molecular flexibility index (Phi) is 4.49. The van der Waals surface area contributed by atoms with E-state index >= 15 is 0 Å². The molecule has 1 aromatic carbocycles. The van der Waals surface area contributed by atoms with Crippen molar-refractivity contribution in [1.29, 1.82) is 0 Å². The van der Waals surface area contributed by atoms with Crippen LogP contribution < -0.4 is 5.32 Å². The molecule has 0 aliphatic heterocycles. The number of hydrogen-bond donors (Lipinski definition) is 1. The number of halogens is 4. The summed E-state index contributed by atoms with van der Waals surface area (Å²) in [6.07, 6.45) is 0. The number of carbonyl (C=O) groups is 1. The molecule has 0 aliphatic rings. The molecule has 16 heavy (non-hydrogen) atoms. The Hall–Kier alpha value is -0.430. The van der Waals surface area contributed by atoms with E-state index in [0.29, 0.717) is 5.02 Å². The Balaban J connectivity index is 2.73. The third-order valence-electron chi connectivity index (χ3n) is 1.68. The van der Waals surface area contributed by atoms with Crippen LogP contribution in [-0.2, 0) is 0 Å². The number of nitrogens with one attached hydrogen (secondary N) is 1. The van der Waals surface area contributed by atoms with Crippen LogP contribution in [0.25, 0.3) is 0 Å². The summed E-state index contributed by atoms with van der Waals surface area (Å²) in [5, 5.41) is 2.55. The van der Waals surface area contributed by atoms with E-state index in [1.807, 2.05) is 22.6 Å². The van der Waals surface area contributed by atoms with E-state index < -0.39 is 18.4 Å². The normalized spacial score (nSPS) is 11.3. The molecule has 0 saturated carbocycles. The Bertz CT molecular complexity index is 386. The van der Waals surface area contributed by atoms with Gasteiger partial charge in [-0.2, -0.15) is 0 Å². The highest BCUT2D eigenvalue weighted by Crippen LogP contribution is 2.17. The smallest absolute Gasteiger partial charge is 0.262 e. The molecule has 0 spiro atoms. The van der Waals surface area contributed by atoms with Gasteiger partial charge in [0.25, 0.3) is 11.8 Å². The number of benzene rings is 1. The van der Waals surface area contributed by atoms with E-state index in [1.165, 1.54) is 6.07 Å². The van der Waals surface area contributed by atoms with Crippen molar-refractivity contribution in [3.8, 4) is 0 Å². The summed E-state index contributed by atoms with van der Waals surface area (Å²) >= 11 is 7.75. The van der Waals surface area contributed by atoms with Crippen molar-refractivity contribution in [3.63, 3.8) is 0 Å². The van der Waals surface area contributed by atoms with Gasteiger partial charge in [0, 0.05) is 21.1 Å². The zero-order valence-electron chi connectivity index (χ0n) is 8.36. The first kappa shape index (κ1) is 13.6. The molecule has 0 heterocycles. The van der Waals surface area contributed by atoms with Gasteiger partial charge in [0.05, 0.1) is 6.54 Å². The number of carbonyl (C=O) groups excluding carboxylic acids is 1. The van der Waals surface area contributed by atoms with Gasteiger partial charge in [-0.05, 0) is 40.8 Å². The van der Waals surface area contributed by atoms with Crippen LogP contribution in [0.5, 0.6) is 0 Å². The van der Waals surface area contributed by atoms with Gasteiger partial charge in [0.2, 0.25) is 0 Å². The van der Waals surface area contributed by atoms with Crippen LogP contribution in [0.2, 0.25) is 5.02 Å². The minimum Gasteiger partial charge on any atom is -0.346 e. The van der Waals surface area contributed by atoms with Crippen molar-refractivity contribution >= 4 is 40.1 Å². The Morgan fingerprint density at radius 2 is 2.12 bits per heavy atom. The van der Waals surface area contributed by atoms with E-state index in [-0.39, 0.29) is 5.56 Å². The largest absolute Gasteiger partial charge is 0.346 e. The van der Waals surface area contributed by atoms with Gasteiger partial charge < -0.3 is 5.32 Å². The van der Waals surface area contributed by atoms with Crippen LogP contribution in [0, 0.1) is 3.57 Å². The second-order valence-corrected chi connectivity index (χ2v) is 5.09. The molecule has 0 radical (unpaired) electrons. The highest BCUT2D eigenvalue weighted by molar-refractivity contribution is 14.1. The molecule has 88 valence electrons. The second-order valence-electron chi connectivity index (χ2n) is 3.41. The average Bonchev–Trinajstić information content (AvgIpc) is 2.11. The maximum absolute atomic E-state index is 12.5. The summed E-state index contributed by atoms with van der Waals surface area (Å²) in [6.45, 7) is 0.0595. The molecular formula is C10H9ClF2INO. The van der Waals surface area contributed by atoms with Crippen molar-refractivity contribution in [2.24, 2.45) is 0 Å². The molecule has 1 rings (SSSR count). The molecule has 2 nitrogen and oxygen atoms in total. The lowest BCUT2D eigenvalue weighted by Crippen LogP contribution is -2.34. The van der Waals surface area contributed by atoms with Crippen LogP contribution in [0.4, 0.5) is 8.78 Å². The fraction of sp³-hybridized carbons (Fsp3) is 0.300. The lowest BCUT2D eigenvalue weighted by molar-refractivity contribution is 0.0221. The topological polar surface area (TPSA) is 29.1 Å². The molecule has 0 aromatic heterocycles. The number of rotatable bonds is 3. The van der Waals surface area contributed by atoms with Crippen molar-refractivity contribution in [2.45, 2.75) is 12.8 Å². The van der Waals surface area contributed by atoms with Crippen LogP contribution in [0.1, 0.15) is 17.3 Å². The lowest BCUT2D eigenvalue weighted by Gasteiger charge is -2.11. The fourth-order valence-corrected chi connectivity index (χ4v) is 2.11. The molecule has 0 unspecified atom stereocenters. The van der Waals surface area contributed by atoms with E-state index in [2.05, 4.69) is 5.32 Å². The molecule has 0 bridgehead atoms. The van der Waals surface area contributed by atoms with Gasteiger partial charge >= 0.3 is 0 Å². The average molecular weight is 360 g/mol. The zero-order chi connectivity index (χ0) is 12.3. The molecule has 0 aliphatic carbocycles. The summed E-state index contributed by atoms with van der Waals surface area (Å²) in [5.74, 6) is -3.47. The van der Waals surface area contributed by atoms with Gasteiger partial charge in [0.1, 0.15) is 0 Å². The van der Waals surface area contributed by atoms with E-state index in [4.69, 9.17) is 11.6 Å². The summed E-state index contributed by atoms with van der Waals surface area (Å²) in [7, 11) is 0. The highest BCUT2D eigenvalue weighted by atomic mass is 127. The molecule has 0 saturated heterocycles. The lowest BCUT2D eigenvalue weighted by atomic mass is 10.2. The minimum atomic E-state index is -2.92. The van der Waals surface area contributed by atoms with E-state index in [9.17, 15) is 13.6 Å². The second kappa shape index (κ2) is 5.27. The predicted molar refractivity (Wildman–Crippen MR) is 67.1 cm³/mol. The molecular weight excluding hydrogens is 350 g/mol. The maximum Gasteiger partial charge on any atom is 0.262 e. The summed E-state index contributed by atoms with van der Waals surface area (Å²) < 4.78 is 25.8. The third-order valence-corrected chi connectivity index (χ3v) is 2.53. The van der Waals surface area contributed by atoms with Crippen molar-refractivity contribution in [2.75, 3.05) is 6.54 Å². The van der Waals surface area contributed by atoms with Gasteiger partial charge in [-0.1, -0.05) is 11.6 Å². The molecule has 1 amide bonds. The molecule has 1 N–H and O–H groups in total. The maximum atomic E-state index is 12.5. The first-order chi connectivity index (χ1) is 7.28. The molecule has 0 atom stereocenters. The summed E-state index contributed by atoms with van der Waals surface area (Å²) in [4.78, 5) is 11.5. The van der Waals surface area contributed by atoms with Crippen molar-refractivity contribution in [3.05, 3.63) is 32.4 Å². The first-order valence-corrected chi connectivity index (χ1v) is 5.86. The predicted octanol–water partition coefficient (Wildman–Crippen LogP) is 3.33. The zero-order valence-corrected chi connectivity index (χ0v) is 11.3. The Morgan fingerprint density at radius 3 is 2.62 bits per heavy atom. The van der Waals surface area contributed by atoms with Crippen molar-refractivity contribution < 1.29 is 13.6 Å². The van der Waals surface area contributed by atoms with Gasteiger partial charge in [0.15, 0.2) is 0 Å². The van der Waals surface area contributed by atoms with Crippen LogP contribution in [0.3, 0.4) is 0 Å². The number of amides is 1. The standard InChI is InChI=1S/C10H9ClF2INO/c1-10(12,13)5-15-9(16)6-2-7(11)4-8(14)3-6/h2-4H,5H2,1H3,(H,15,16). The SMILES string of the molecule is CC(F)(F)CNC(=O)c1cc(Cl)cc(I)c1.